The molecule has 0 amide bonds. The summed E-state index contributed by atoms with van der Waals surface area (Å²) in [6.07, 6.45) is 1.60. The molecule has 2 rings (SSSR count). The molecule has 2 nitrogen and oxygen atoms in total. The lowest BCUT2D eigenvalue weighted by Crippen LogP contribution is -2.36. The predicted molar refractivity (Wildman–Crippen MR) is 73.5 cm³/mol. The summed E-state index contributed by atoms with van der Waals surface area (Å²) in [5.74, 6) is -0.711. The Kier molecular flexibility index (Phi) is 3.96. The highest BCUT2D eigenvalue weighted by Crippen LogP contribution is 2.26. The number of hydrogen-bond acceptors (Lipinski definition) is 2. The van der Waals surface area contributed by atoms with Crippen molar-refractivity contribution >= 4 is 15.9 Å². The van der Waals surface area contributed by atoms with Gasteiger partial charge in [-0.15, -0.1) is 0 Å². The van der Waals surface area contributed by atoms with Crippen LogP contribution in [0.4, 0.5) is 8.78 Å². The molecule has 2 N–H and O–H groups in total. The molecule has 0 radical (unpaired) electrons. The summed E-state index contributed by atoms with van der Waals surface area (Å²) in [4.78, 5) is 4.00. The molecule has 1 atom stereocenters. The Morgan fingerprint density at radius 2 is 1.89 bits per heavy atom. The number of aromatic nitrogens is 1. The third-order valence-corrected chi connectivity index (χ3v) is 3.62. The minimum Gasteiger partial charge on any atom is -0.320 e. The zero-order valence-corrected chi connectivity index (χ0v) is 11.9. The molecule has 100 valence electrons. The average molecular weight is 327 g/mol. The quantitative estimate of drug-likeness (QED) is 0.936. The third-order valence-electron chi connectivity index (χ3n) is 2.89. The zero-order valence-electron chi connectivity index (χ0n) is 10.3. The lowest BCUT2D eigenvalue weighted by Gasteiger charge is -2.24. The van der Waals surface area contributed by atoms with E-state index in [1.807, 2.05) is 6.92 Å². The van der Waals surface area contributed by atoms with Gasteiger partial charge in [-0.05, 0) is 43.2 Å². The van der Waals surface area contributed by atoms with Gasteiger partial charge in [0.15, 0.2) is 0 Å². The van der Waals surface area contributed by atoms with Crippen molar-refractivity contribution in [3.05, 3.63) is 63.9 Å². The van der Waals surface area contributed by atoms with Crippen molar-refractivity contribution < 1.29 is 8.78 Å². The molecule has 1 unspecified atom stereocenters. The van der Waals surface area contributed by atoms with Crippen LogP contribution in [0, 0.1) is 11.6 Å². The molecule has 0 fully saturated rings. The lowest BCUT2D eigenvalue weighted by molar-refractivity contribution is 0.471. The molecule has 0 aliphatic rings. The highest BCUT2D eigenvalue weighted by atomic mass is 79.9. The van der Waals surface area contributed by atoms with Crippen LogP contribution in [-0.2, 0) is 12.0 Å². The van der Waals surface area contributed by atoms with Crippen molar-refractivity contribution in [1.29, 1.82) is 0 Å². The van der Waals surface area contributed by atoms with Crippen LogP contribution in [0.25, 0.3) is 0 Å². The molecule has 2 aromatic rings. The van der Waals surface area contributed by atoms with Gasteiger partial charge in [0, 0.05) is 4.47 Å². The van der Waals surface area contributed by atoms with Crippen LogP contribution >= 0.6 is 15.9 Å². The van der Waals surface area contributed by atoms with Crippen LogP contribution in [0.15, 0.2) is 41.0 Å². The molecule has 19 heavy (non-hydrogen) atoms. The van der Waals surface area contributed by atoms with E-state index < -0.39 is 11.4 Å². The number of nitrogens with zero attached hydrogens (tertiary/aromatic N) is 1. The van der Waals surface area contributed by atoms with Gasteiger partial charge in [0.05, 0.1) is 17.4 Å². The summed E-state index contributed by atoms with van der Waals surface area (Å²) in [6.45, 7) is 1.81. The van der Waals surface area contributed by atoms with E-state index in [-0.39, 0.29) is 5.82 Å². The first-order chi connectivity index (χ1) is 8.88. The van der Waals surface area contributed by atoms with Crippen molar-refractivity contribution in [2.24, 2.45) is 5.73 Å². The van der Waals surface area contributed by atoms with Crippen molar-refractivity contribution in [3.8, 4) is 0 Å². The van der Waals surface area contributed by atoms with E-state index in [1.54, 1.807) is 12.1 Å². The highest BCUT2D eigenvalue weighted by molar-refractivity contribution is 9.10. The van der Waals surface area contributed by atoms with Crippen LogP contribution in [0.2, 0.25) is 0 Å². The molecular formula is C14H13BrF2N2. The van der Waals surface area contributed by atoms with Crippen molar-refractivity contribution in [2.45, 2.75) is 18.9 Å². The summed E-state index contributed by atoms with van der Waals surface area (Å²) < 4.78 is 26.5. The minimum absolute atomic E-state index is 0.311. The zero-order chi connectivity index (χ0) is 14.0. The predicted octanol–water partition coefficient (Wildman–Crippen LogP) is 3.54. The third kappa shape index (κ3) is 3.36. The maximum absolute atomic E-state index is 13.0. The molecule has 5 heteroatoms. The van der Waals surface area contributed by atoms with Crippen LogP contribution in [0.5, 0.6) is 0 Å². The average Bonchev–Trinajstić information content (AvgIpc) is 2.33. The number of hydrogen-bond donors (Lipinski definition) is 1. The SMILES string of the molecule is CC(N)(Cc1ccc(F)cc1Br)c1ccc(F)cn1. The number of benzene rings is 1. The Morgan fingerprint density at radius 1 is 1.21 bits per heavy atom. The van der Waals surface area contributed by atoms with Gasteiger partial charge in [-0.2, -0.15) is 0 Å². The van der Waals surface area contributed by atoms with Gasteiger partial charge in [0.25, 0.3) is 0 Å². The normalized spacial score (nSPS) is 14.2. The molecule has 1 aromatic carbocycles. The molecule has 0 spiro atoms. The maximum atomic E-state index is 13.0. The second kappa shape index (κ2) is 5.35. The van der Waals surface area contributed by atoms with Crippen molar-refractivity contribution in [2.75, 3.05) is 0 Å². The van der Waals surface area contributed by atoms with E-state index in [0.29, 0.717) is 16.6 Å². The summed E-state index contributed by atoms with van der Waals surface area (Å²) >= 11 is 3.31. The fourth-order valence-electron chi connectivity index (χ4n) is 1.86. The molecule has 0 aliphatic heterocycles. The first-order valence-corrected chi connectivity index (χ1v) is 6.52. The number of halogens is 3. The van der Waals surface area contributed by atoms with Gasteiger partial charge in [0.1, 0.15) is 11.6 Å². The summed E-state index contributed by atoms with van der Waals surface area (Å²) in [6, 6.07) is 7.34. The molecular weight excluding hydrogens is 314 g/mol. The van der Waals surface area contributed by atoms with E-state index in [2.05, 4.69) is 20.9 Å². The van der Waals surface area contributed by atoms with Crippen LogP contribution in [-0.4, -0.2) is 4.98 Å². The van der Waals surface area contributed by atoms with Gasteiger partial charge < -0.3 is 5.73 Å². The molecule has 0 bridgehead atoms. The second-order valence-electron chi connectivity index (χ2n) is 4.69. The van der Waals surface area contributed by atoms with Gasteiger partial charge in [0.2, 0.25) is 0 Å². The van der Waals surface area contributed by atoms with Crippen LogP contribution in [0.3, 0.4) is 0 Å². The Bertz CT molecular complexity index is 582. The molecule has 0 aliphatic carbocycles. The monoisotopic (exact) mass is 326 g/mol. The van der Waals surface area contributed by atoms with Crippen molar-refractivity contribution in [3.63, 3.8) is 0 Å². The van der Waals surface area contributed by atoms with Gasteiger partial charge in [-0.3, -0.25) is 4.98 Å². The summed E-state index contributed by atoms with van der Waals surface area (Å²) in [7, 11) is 0. The standard InChI is InChI=1S/C14H13BrF2N2/c1-14(18,13-5-4-11(17)8-19-13)7-9-2-3-10(16)6-12(9)15/h2-6,8H,7,18H2,1H3. The first kappa shape index (κ1) is 14.1. The van der Waals surface area contributed by atoms with E-state index in [4.69, 9.17) is 5.73 Å². The molecule has 0 saturated heterocycles. The summed E-state index contributed by atoms with van der Waals surface area (Å²) in [5, 5.41) is 0. The van der Waals surface area contributed by atoms with Crippen LogP contribution in [0.1, 0.15) is 18.2 Å². The van der Waals surface area contributed by atoms with E-state index >= 15 is 0 Å². The fourth-order valence-corrected chi connectivity index (χ4v) is 2.36. The minimum atomic E-state index is -0.756. The molecule has 1 heterocycles. The van der Waals surface area contributed by atoms with E-state index in [9.17, 15) is 8.78 Å². The lowest BCUT2D eigenvalue weighted by atomic mass is 9.90. The maximum Gasteiger partial charge on any atom is 0.141 e. The van der Waals surface area contributed by atoms with E-state index in [0.717, 1.165) is 11.8 Å². The Hall–Kier alpha value is -1.33. The van der Waals surface area contributed by atoms with Gasteiger partial charge in [-0.25, -0.2) is 8.78 Å². The second-order valence-corrected chi connectivity index (χ2v) is 5.55. The smallest absolute Gasteiger partial charge is 0.141 e. The first-order valence-electron chi connectivity index (χ1n) is 5.73. The van der Waals surface area contributed by atoms with Gasteiger partial charge in [-0.1, -0.05) is 22.0 Å². The van der Waals surface area contributed by atoms with Gasteiger partial charge >= 0.3 is 0 Å². The van der Waals surface area contributed by atoms with Crippen LogP contribution < -0.4 is 5.73 Å². The number of nitrogens with two attached hydrogens (primary N) is 1. The molecule has 0 saturated carbocycles. The largest absolute Gasteiger partial charge is 0.320 e. The molecule has 1 aromatic heterocycles. The Balaban J connectivity index is 2.27. The summed E-state index contributed by atoms with van der Waals surface area (Å²) in [5.41, 5.74) is 6.93. The number of rotatable bonds is 3. The Morgan fingerprint density at radius 3 is 2.47 bits per heavy atom. The Labute approximate surface area is 118 Å². The fraction of sp³-hybridized carbons (Fsp3) is 0.214. The van der Waals surface area contributed by atoms with E-state index in [1.165, 1.54) is 18.2 Å². The topological polar surface area (TPSA) is 38.9 Å². The highest BCUT2D eigenvalue weighted by Gasteiger charge is 2.24. The number of pyridine rings is 1. The van der Waals surface area contributed by atoms with Crippen molar-refractivity contribution in [1.82, 2.24) is 4.98 Å².